The van der Waals surface area contributed by atoms with E-state index in [9.17, 15) is 9.59 Å². The second-order valence-electron chi connectivity index (χ2n) is 9.45. The van der Waals surface area contributed by atoms with Gasteiger partial charge in [-0.15, -0.1) is 0 Å². The van der Waals surface area contributed by atoms with E-state index in [1.165, 1.54) is 0 Å². The number of fused-ring (bicyclic) bond motifs is 2. The van der Waals surface area contributed by atoms with E-state index in [0.29, 0.717) is 6.54 Å². The Kier molecular flexibility index (Phi) is 8.62. The summed E-state index contributed by atoms with van der Waals surface area (Å²) in [6, 6.07) is 27.4. The monoisotopic (exact) mass is 496 g/mol. The van der Waals surface area contributed by atoms with Gasteiger partial charge in [0.05, 0.1) is 11.4 Å². The van der Waals surface area contributed by atoms with Crippen molar-refractivity contribution < 1.29 is 9.59 Å². The van der Waals surface area contributed by atoms with Crippen molar-refractivity contribution in [3.63, 3.8) is 0 Å². The van der Waals surface area contributed by atoms with E-state index in [4.69, 9.17) is 0 Å². The summed E-state index contributed by atoms with van der Waals surface area (Å²) in [5.74, 6) is 0.112. The van der Waals surface area contributed by atoms with Crippen molar-refractivity contribution in [3.05, 3.63) is 84.9 Å². The molecule has 4 amide bonds. The number of benzene rings is 4. The summed E-state index contributed by atoms with van der Waals surface area (Å²) in [5, 5.41) is 13.3. The summed E-state index contributed by atoms with van der Waals surface area (Å²) in [5.41, 5.74) is 1.58. The molecule has 0 fully saturated rings. The molecule has 192 valence electrons. The fourth-order valence-electron chi connectivity index (χ4n) is 5.01. The van der Waals surface area contributed by atoms with Gasteiger partial charge in [-0.3, -0.25) is 0 Å². The average Bonchev–Trinajstić information content (AvgIpc) is 2.92. The fraction of sp³-hybridized carbons (Fsp3) is 0.290. The Morgan fingerprint density at radius 2 is 1.30 bits per heavy atom. The third kappa shape index (κ3) is 6.20. The summed E-state index contributed by atoms with van der Waals surface area (Å²) in [7, 11) is 1.85. The number of hydrogen-bond acceptors (Lipinski definition) is 2. The molecular weight excluding hydrogens is 460 g/mol. The number of carbonyl (C=O) groups is 2. The summed E-state index contributed by atoms with van der Waals surface area (Å²) >= 11 is 0. The van der Waals surface area contributed by atoms with E-state index < -0.39 is 0 Å². The third-order valence-electron chi connectivity index (χ3n) is 7.06. The molecule has 2 atom stereocenters. The van der Waals surface area contributed by atoms with Crippen molar-refractivity contribution in [1.29, 1.82) is 0 Å². The van der Waals surface area contributed by atoms with Crippen LogP contribution in [-0.4, -0.2) is 36.6 Å². The predicted octanol–water partition coefficient (Wildman–Crippen LogP) is 7.47. The third-order valence-corrected chi connectivity index (χ3v) is 7.06. The number of amides is 4. The molecule has 0 aromatic heterocycles. The van der Waals surface area contributed by atoms with Crippen LogP contribution in [0.2, 0.25) is 0 Å². The van der Waals surface area contributed by atoms with E-state index in [0.717, 1.165) is 52.2 Å². The number of anilines is 2. The van der Waals surface area contributed by atoms with Gasteiger partial charge < -0.3 is 20.9 Å². The van der Waals surface area contributed by atoms with Crippen LogP contribution in [0.5, 0.6) is 0 Å². The van der Waals surface area contributed by atoms with Gasteiger partial charge in [0.1, 0.15) is 0 Å². The van der Waals surface area contributed by atoms with Crippen molar-refractivity contribution in [2.24, 2.45) is 5.92 Å². The van der Waals surface area contributed by atoms with Gasteiger partial charge >= 0.3 is 12.1 Å². The van der Waals surface area contributed by atoms with Crippen LogP contribution in [0.4, 0.5) is 21.0 Å². The van der Waals surface area contributed by atoms with Crippen LogP contribution < -0.4 is 16.0 Å². The summed E-state index contributed by atoms with van der Waals surface area (Å²) in [4.78, 5) is 27.9. The number of hydrogen-bond donors (Lipinski definition) is 3. The standard InChI is InChI=1S/C31H36N4O2/c1-4-12-29(35(3)31(37)34-28-20-11-16-24-14-7-9-18-26(24)28)22(5-2)21-32-30(36)33-27-19-10-15-23-13-6-8-17-25(23)27/h6-11,13-20,22,29H,4-5,12,21H2,1-3H3,(H,34,37)(H2,32,33,36)/t22-,29+/m0/s1. The van der Waals surface area contributed by atoms with Gasteiger partial charge in [0.2, 0.25) is 0 Å². The quantitative estimate of drug-likeness (QED) is 0.225. The zero-order valence-electron chi connectivity index (χ0n) is 21.8. The van der Waals surface area contributed by atoms with Crippen molar-refractivity contribution >= 4 is 45.0 Å². The summed E-state index contributed by atoms with van der Waals surface area (Å²) in [6.45, 7) is 4.70. The van der Waals surface area contributed by atoms with Gasteiger partial charge in [-0.2, -0.15) is 0 Å². The minimum Gasteiger partial charge on any atom is -0.338 e. The molecule has 4 aromatic rings. The molecule has 6 heteroatoms. The van der Waals surface area contributed by atoms with E-state index in [-0.39, 0.29) is 24.0 Å². The largest absolute Gasteiger partial charge is 0.338 e. The van der Waals surface area contributed by atoms with Crippen LogP contribution in [0.1, 0.15) is 33.1 Å². The first-order chi connectivity index (χ1) is 18.0. The second-order valence-corrected chi connectivity index (χ2v) is 9.45. The highest BCUT2D eigenvalue weighted by atomic mass is 16.2. The fourth-order valence-corrected chi connectivity index (χ4v) is 5.01. The Labute approximate surface area is 219 Å². The molecule has 6 nitrogen and oxygen atoms in total. The second kappa shape index (κ2) is 12.3. The molecule has 4 rings (SSSR count). The Morgan fingerprint density at radius 3 is 1.86 bits per heavy atom. The molecule has 0 bridgehead atoms. The van der Waals surface area contributed by atoms with Crippen LogP contribution in [0.15, 0.2) is 84.9 Å². The first-order valence-electron chi connectivity index (χ1n) is 13.1. The summed E-state index contributed by atoms with van der Waals surface area (Å²) < 4.78 is 0. The van der Waals surface area contributed by atoms with Crippen LogP contribution in [0.25, 0.3) is 21.5 Å². The van der Waals surface area contributed by atoms with Crippen molar-refractivity contribution in [3.8, 4) is 0 Å². The number of carbonyl (C=O) groups excluding carboxylic acids is 2. The first-order valence-corrected chi connectivity index (χ1v) is 13.1. The van der Waals surface area contributed by atoms with E-state index in [1.807, 2.05) is 92.0 Å². The molecule has 0 spiro atoms. The topological polar surface area (TPSA) is 73.5 Å². The van der Waals surface area contributed by atoms with Crippen molar-refractivity contribution in [2.45, 2.75) is 39.2 Å². The Balaban J connectivity index is 1.42. The number of urea groups is 2. The van der Waals surface area contributed by atoms with Gasteiger partial charge in [0.25, 0.3) is 0 Å². The maximum Gasteiger partial charge on any atom is 0.321 e. The molecule has 0 aliphatic rings. The molecule has 0 radical (unpaired) electrons. The first kappa shape index (κ1) is 26.0. The lowest BCUT2D eigenvalue weighted by atomic mass is 9.92. The average molecular weight is 497 g/mol. The van der Waals surface area contributed by atoms with Gasteiger partial charge in [0.15, 0.2) is 0 Å². The predicted molar refractivity (Wildman–Crippen MR) is 154 cm³/mol. The molecule has 4 aromatic carbocycles. The lowest BCUT2D eigenvalue weighted by Crippen LogP contribution is -2.47. The minimum absolute atomic E-state index is 0.0113. The van der Waals surface area contributed by atoms with E-state index in [2.05, 4.69) is 29.8 Å². The smallest absolute Gasteiger partial charge is 0.321 e. The molecule has 0 unspecified atom stereocenters. The van der Waals surface area contributed by atoms with Gasteiger partial charge in [0, 0.05) is 30.4 Å². The maximum absolute atomic E-state index is 13.3. The number of rotatable bonds is 9. The van der Waals surface area contributed by atoms with Crippen LogP contribution >= 0.6 is 0 Å². The normalized spacial score (nSPS) is 12.6. The maximum atomic E-state index is 13.3. The van der Waals surface area contributed by atoms with Crippen LogP contribution in [-0.2, 0) is 0 Å². The molecular formula is C31H36N4O2. The molecule has 0 saturated carbocycles. The lowest BCUT2D eigenvalue weighted by Gasteiger charge is -2.34. The van der Waals surface area contributed by atoms with Gasteiger partial charge in [-0.1, -0.05) is 93.1 Å². The van der Waals surface area contributed by atoms with E-state index in [1.54, 1.807) is 4.90 Å². The summed E-state index contributed by atoms with van der Waals surface area (Å²) in [6.07, 6.45) is 2.63. The highest BCUT2D eigenvalue weighted by molar-refractivity contribution is 6.02. The van der Waals surface area contributed by atoms with Crippen molar-refractivity contribution in [2.75, 3.05) is 24.2 Å². The van der Waals surface area contributed by atoms with Crippen LogP contribution in [0.3, 0.4) is 0 Å². The zero-order valence-corrected chi connectivity index (χ0v) is 21.8. The van der Waals surface area contributed by atoms with Gasteiger partial charge in [-0.25, -0.2) is 9.59 Å². The number of nitrogens with zero attached hydrogens (tertiary/aromatic N) is 1. The number of nitrogens with one attached hydrogen (secondary N) is 3. The lowest BCUT2D eigenvalue weighted by molar-refractivity contribution is 0.167. The Bertz CT molecular complexity index is 1360. The molecule has 3 N–H and O–H groups in total. The molecule has 0 aliphatic heterocycles. The zero-order chi connectivity index (χ0) is 26.2. The molecule has 37 heavy (non-hydrogen) atoms. The highest BCUT2D eigenvalue weighted by Crippen LogP contribution is 2.26. The molecule has 0 aliphatic carbocycles. The van der Waals surface area contributed by atoms with Crippen LogP contribution in [0, 0.1) is 5.92 Å². The molecule has 0 heterocycles. The van der Waals surface area contributed by atoms with Crippen molar-refractivity contribution in [1.82, 2.24) is 10.2 Å². The SMILES string of the molecule is CCC[C@H]([C@@H](CC)CNC(=O)Nc1cccc2ccccc12)N(C)C(=O)Nc1cccc2ccccc12. The van der Waals surface area contributed by atoms with E-state index >= 15 is 0 Å². The Morgan fingerprint density at radius 1 is 0.757 bits per heavy atom. The van der Waals surface area contributed by atoms with Gasteiger partial charge in [-0.05, 0) is 41.7 Å². The molecule has 0 saturated heterocycles. The highest BCUT2D eigenvalue weighted by Gasteiger charge is 2.27. The minimum atomic E-state index is -0.243. The Hall–Kier alpha value is -4.06.